The Morgan fingerprint density at radius 2 is 1.36 bits per heavy atom. The van der Waals surface area contributed by atoms with Crippen molar-refractivity contribution in [2.75, 3.05) is 26.1 Å². The Kier molecular flexibility index (Phi) is 11.1. The first-order valence-electron chi connectivity index (χ1n) is 19.0. The first kappa shape index (κ1) is 38.9. The molecule has 2 aromatic heterocycles. The van der Waals surface area contributed by atoms with Crippen molar-refractivity contribution in [2.24, 2.45) is 5.92 Å². The van der Waals surface area contributed by atoms with E-state index in [1.54, 1.807) is 32.7 Å². The van der Waals surface area contributed by atoms with Gasteiger partial charge in [-0.25, -0.2) is 15.0 Å². The Morgan fingerprint density at radius 3 is 1.93 bits per heavy atom. The van der Waals surface area contributed by atoms with Crippen LogP contribution in [0.5, 0.6) is 11.5 Å². The van der Waals surface area contributed by atoms with Gasteiger partial charge in [-0.05, 0) is 90.0 Å². The number of aromatic nitrogens is 4. The highest BCUT2D eigenvalue weighted by Gasteiger charge is 2.46. The zero-order valence-electron chi connectivity index (χ0n) is 33.1. The van der Waals surface area contributed by atoms with Gasteiger partial charge in [-0.2, -0.15) is 0 Å². The van der Waals surface area contributed by atoms with Gasteiger partial charge in [0.05, 0.1) is 39.3 Å². The molecule has 0 bridgehead atoms. The molecule has 56 heavy (non-hydrogen) atoms. The van der Waals surface area contributed by atoms with E-state index in [4.69, 9.17) is 28.6 Å². The predicted octanol–water partition coefficient (Wildman–Crippen LogP) is 9.26. The van der Waals surface area contributed by atoms with E-state index in [9.17, 15) is 4.79 Å². The molecule has 0 unspecified atom stereocenters. The molecule has 0 saturated heterocycles. The quantitative estimate of drug-likeness (QED) is 0.0915. The average molecular weight is 769 g/mol. The molecule has 1 fully saturated rings. The molecule has 10 nitrogen and oxygen atoms in total. The number of anilines is 1. The van der Waals surface area contributed by atoms with E-state index in [0.29, 0.717) is 29.2 Å². The number of carbonyl (C=O) groups excluding carboxylic acids is 1. The van der Waals surface area contributed by atoms with Crippen LogP contribution in [-0.2, 0) is 14.8 Å². The van der Waals surface area contributed by atoms with Crippen LogP contribution < -0.4 is 14.8 Å². The standard InChI is InChI=1S/C45H50N5O5Si/c1-44(2,3)56(6,7)55-39-27-31(26-38(39)50-30-48-40-41(46-29-47-42(40)50)49-43(51)32-14-10-8-11-15-32)28-54-45(33-16-12-9-13-17-33,34-18-22-36(52-4)23-19-34)35-20-24-37(53-5)25-21-35/h8-25,27,29-31,38-39H,26,28H2,1-7H3,(H,46,47,49,51)/t31-,38+,39-/m0/s1. The third kappa shape index (κ3) is 7.71. The van der Waals surface area contributed by atoms with Crippen LogP contribution >= 0.6 is 0 Å². The van der Waals surface area contributed by atoms with Crippen molar-refractivity contribution >= 4 is 31.2 Å². The largest absolute Gasteiger partial charge is 0.497 e. The molecule has 3 atom stereocenters. The normalized spacial score (nSPS) is 17.5. The van der Waals surface area contributed by atoms with E-state index in [0.717, 1.165) is 34.6 Å². The fraction of sp³-hybridized carbons (Fsp3) is 0.311. The molecular weight excluding hydrogens is 719 g/mol. The number of amides is 1. The number of hydrogen-bond donors (Lipinski definition) is 1. The Labute approximate surface area is 330 Å². The highest BCUT2D eigenvalue weighted by Crippen LogP contribution is 2.47. The van der Waals surface area contributed by atoms with Gasteiger partial charge >= 0.3 is 0 Å². The minimum Gasteiger partial charge on any atom is -0.497 e. The van der Waals surface area contributed by atoms with Gasteiger partial charge in [0, 0.05) is 5.56 Å². The second kappa shape index (κ2) is 16.0. The lowest BCUT2D eigenvalue weighted by Crippen LogP contribution is -2.45. The lowest BCUT2D eigenvalue weighted by Gasteiger charge is -2.40. The monoisotopic (exact) mass is 768 g/mol. The van der Waals surface area contributed by atoms with E-state index >= 15 is 0 Å². The molecule has 1 amide bonds. The van der Waals surface area contributed by atoms with Crippen molar-refractivity contribution in [3.63, 3.8) is 0 Å². The second-order valence-corrected chi connectivity index (χ2v) is 20.5. The summed E-state index contributed by atoms with van der Waals surface area (Å²) in [4.78, 5) is 27.0. The van der Waals surface area contributed by atoms with Gasteiger partial charge in [-0.15, -0.1) is 0 Å². The number of hydrogen-bond acceptors (Lipinski definition) is 8. The number of nitrogens with one attached hydrogen (secondary N) is 1. The second-order valence-electron chi connectivity index (χ2n) is 15.8. The zero-order valence-corrected chi connectivity index (χ0v) is 34.1. The van der Waals surface area contributed by atoms with Crippen molar-refractivity contribution in [1.82, 2.24) is 19.5 Å². The van der Waals surface area contributed by atoms with Crippen LogP contribution in [0.3, 0.4) is 0 Å². The van der Waals surface area contributed by atoms with E-state index in [-0.39, 0.29) is 29.0 Å². The third-order valence-corrected chi connectivity index (χ3v) is 15.8. The van der Waals surface area contributed by atoms with Crippen molar-refractivity contribution < 1.29 is 23.4 Å². The Morgan fingerprint density at radius 1 is 0.786 bits per heavy atom. The van der Waals surface area contributed by atoms with Gasteiger partial charge in [0.25, 0.3) is 5.91 Å². The maximum Gasteiger partial charge on any atom is 0.256 e. The highest BCUT2D eigenvalue weighted by molar-refractivity contribution is 6.74. The number of ether oxygens (including phenoxy) is 3. The lowest BCUT2D eigenvalue weighted by atomic mass is 9.80. The summed E-state index contributed by atoms with van der Waals surface area (Å²) >= 11 is 0. The number of imidazole rings is 1. The minimum absolute atomic E-state index is 0.00546. The van der Waals surface area contributed by atoms with Gasteiger partial charge in [0.1, 0.15) is 23.4 Å². The van der Waals surface area contributed by atoms with E-state index in [1.807, 2.05) is 60.7 Å². The first-order valence-corrected chi connectivity index (χ1v) is 21.9. The third-order valence-electron chi connectivity index (χ3n) is 11.3. The Bertz CT molecular complexity index is 2190. The summed E-state index contributed by atoms with van der Waals surface area (Å²) in [6, 6.07) is 35.5. The number of rotatable bonds is 13. The molecule has 2 heterocycles. The van der Waals surface area contributed by atoms with Crippen LogP contribution in [0.1, 0.15) is 60.3 Å². The predicted molar refractivity (Wildman–Crippen MR) is 221 cm³/mol. The summed E-state index contributed by atoms with van der Waals surface area (Å²) in [5, 5.41) is 2.93. The number of nitrogens with zero attached hydrogens (tertiary/aromatic N) is 4. The molecule has 7 rings (SSSR count). The van der Waals surface area contributed by atoms with Crippen LogP contribution in [-0.4, -0.2) is 60.7 Å². The van der Waals surface area contributed by atoms with Gasteiger partial charge in [-0.1, -0.05) is 93.6 Å². The van der Waals surface area contributed by atoms with Crippen LogP contribution in [0.15, 0.2) is 122 Å². The summed E-state index contributed by atoms with van der Waals surface area (Å²) in [5.74, 6) is 1.63. The molecule has 6 aromatic rings. The number of methoxy groups -OCH3 is 2. The van der Waals surface area contributed by atoms with E-state index in [1.165, 1.54) is 6.33 Å². The Hall–Kier alpha value is -5.36. The fourth-order valence-electron chi connectivity index (χ4n) is 7.21. The van der Waals surface area contributed by atoms with Crippen LogP contribution in [0.25, 0.3) is 11.2 Å². The molecule has 1 aliphatic carbocycles. The SMILES string of the molecule is COc1ccc(C(OC[C@@H]2[CH][C@H](O[Si](C)(C)C(C)(C)C)[C@H](n3cnc4c(NC(=O)c5ccccc5)ncnc43)C2)(c2ccccc2)c2ccc(OC)cc2)cc1. The maximum absolute atomic E-state index is 13.1. The Balaban J connectivity index is 1.25. The van der Waals surface area contributed by atoms with Crippen LogP contribution in [0.2, 0.25) is 18.1 Å². The van der Waals surface area contributed by atoms with Crippen molar-refractivity contribution in [3.05, 3.63) is 151 Å². The number of carbonyl (C=O) groups is 1. The minimum atomic E-state index is -2.25. The lowest BCUT2D eigenvalue weighted by molar-refractivity contribution is -0.00291. The molecule has 1 N–H and O–H groups in total. The fourth-order valence-corrected chi connectivity index (χ4v) is 8.48. The molecule has 1 radical (unpaired) electrons. The van der Waals surface area contributed by atoms with Crippen LogP contribution in [0, 0.1) is 12.3 Å². The van der Waals surface area contributed by atoms with Crippen molar-refractivity contribution in [2.45, 2.75) is 63.1 Å². The highest BCUT2D eigenvalue weighted by atomic mass is 28.4. The summed E-state index contributed by atoms with van der Waals surface area (Å²) in [5.41, 5.74) is 3.67. The van der Waals surface area contributed by atoms with Crippen LogP contribution in [0.4, 0.5) is 5.82 Å². The van der Waals surface area contributed by atoms with Crippen molar-refractivity contribution in [1.29, 1.82) is 0 Å². The number of benzene rings is 4. The maximum atomic E-state index is 13.1. The summed E-state index contributed by atoms with van der Waals surface area (Å²) in [7, 11) is 1.10. The molecular formula is C45H50N5O5Si. The molecule has 0 aliphatic heterocycles. The van der Waals surface area contributed by atoms with Gasteiger partial charge < -0.3 is 28.5 Å². The zero-order chi connectivity index (χ0) is 39.5. The van der Waals surface area contributed by atoms with E-state index in [2.05, 4.69) is 91.6 Å². The van der Waals surface area contributed by atoms with Gasteiger partial charge in [-0.3, -0.25) is 4.79 Å². The van der Waals surface area contributed by atoms with Gasteiger partial charge in [0.2, 0.25) is 0 Å². The molecule has 0 spiro atoms. The molecule has 1 saturated carbocycles. The van der Waals surface area contributed by atoms with E-state index < -0.39 is 13.9 Å². The summed E-state index contributed by atoms with van der Waals surface area (Å²) < 4.78 is 27.8. The summed E-state index contributed by atoms with van der Waals surface area (Å²) in [6.07, 6.45) is 6.06. The molecule has 1 aliphatic rings. The molecule has 289 valence electrons. The first-order chi connectivity index (χ1) is 26.9. The smallest absolute Gasteiger partial charge is 0.256 e. The number of fused-ring (bicyclic) bond motifs is 1. The average Bonchev–Trinajstić information content (AvgIpc) is 3.83. The molecule has 4 aromatic carbocycles. The summed E-state index contributed by atoms with van der Waals surface area (Å²) in [6.45, 7) is 11.7. The topological polar surface area (TPSA) is 110 Å². The van der Waals surface area contributed by atoms with Crippen molar-refractivity contribution in [3.8, 4) is 11.5 Å². The molecule has 11 heteroatoms. The van der Waals surface area contributed by atoms with Gasteiger partial charge in [0.15, 0.2) is 25.3 Å².